The summed E-state index contributed by atoms with van der Waals surface area (Å²) in [6, 6.07) is -0.691. The topological polar surface area (TPSA) is 139 Å². The van der Waals surface area contributed by atoms with Crippen LogP contribution in [0, 0.1) is 5.92 Å². The van der Waals surface area contributed by atoms with Crippen LogP contribution in [-0.4, -0.2) is 43.9 Å². The summed E-state index contributed by atoms with van der Waals surface area (Å²) in [6.45, 7) is -0.0697. The van der Waals surface area contributed by atoms with Gasteiger partial charge in [-0.1, -0.05) is 6.42 Å². The molecule has 0 aliphatic heterocycles. The van der Waals surface area contributed by atoms with Crippen LogP contribution < -0.4 is 15.8 Å². The van der Waals surface area contributed by atoms with Crippen molar-refractivity contribution in [2.75, 3.05) is 12.3 Å². The molecule has 0 radical (unpaired) electrons. The van der Waals surface area contributed by atoms with E-state index in [-0.39, 0.29) is 18.3 Å². The molecule has 0 bridgehead atoms. The fourth-order valence-electron chi connectivity index (χ4n) is 2.09. The third-order valence-corrected chi connectivity index (χ3v) is 3.80. The maximum atomic E-state index is 11.5. The van der Waals surface area contributed by atoms with Gasteiger partial charge in [-0.2, -0.15) is 0 Å². The van der Waals surface area contributed by atoms with E-state index < -0.39 is 27.9 Å². The van der Waals surface area contributed by atoms with Crippen molar-refractivity contribution in [2.45, 2.75) is 31.7 Å². The lowest BCUT2D eigenvalue weighted by molar-refractivity contribution is -0.143. The minimum Gasteiger partial charge on any atom is -0.481 e. The number of urea groups is 1. The van der Waals surface area contributed by atoms with Crippen molar-refractivity contribution >= 4 is 22.0 Å². The lowest BCUT2D eigenvalue weighted by Crippen LogP contribution is -2.46. The molecule has 110 valence electrons. The Morgan fingerprint density at radius 3 is 2.58 bits per heavy atom. The van der Waals surface area contributed by atoms with E-state index in [0.29, 0.717) is 12.8 Å². The molecule has 1 saturated carbocycles. The molecule has 8 nitrogen and oxygen atoms in total. The third-order valence-electron chi connectivity index (χ3n) is 3.03. The number of hydrogen-bond donors (Lipinski definition) is 4. The molecule has 2 atom stereocenters. The number of nitrogens with one attached hydrogen (secondary N) is 2. The number of hydrogen-bond acceptors (Lipinski definition) is 4. The average Bonchev–Trinajstić information content (AvgIpc) is 2.27. The molecule has 1 aliphatic rings. The van der Waals surface area contributed by atoms with Crippen LogP contribution in [0.1, 0.15) is 25.7 Å². The molecule has 2 amide bonds. The molecule has 0 saturated heterocycles. The highest BCUT2D eigenvalue weighted by Crippen LogP contribution is 2.24. The molecular weight excluding hydrogens is 274 g/mol. The average molecular weight is 293 g/mol. The van der Waals surface area contributed by atoms with E-state index in [9.17, 15) is 18.0 Å². The number of primary sulfonamides is 1. The number of aliphatic carboxylic acids is 1. The largest absolute Gasteiger partial charge is 0.481 e. The van der Waals surface area contributed by atoms with E-state index in [1.807, 2.05) is 0 Å². The fraction of sp³-hybridized carbons (Fsp3) is 0.800. The van der Waals surface area contributed by atoms with Crippen molar-refractivity contribution in [1.82, 2.24) is 10.6 Å². The second-order valence-electron chi connectivity index (χ2n) is 4.67. The Morgan fingerprint density at radius 1 is 1.32 bits per heavy atom. The van der Waals surface area contributed by atoms with Gasteiger partial charge in [-0.15, -0.1) is 0 Å². The molecule has 9 heteroatoms. The number of carboxylic acids is 1. The van der Waals surface area contributed by atoms with E-state index >= 15 is 0 Å². The zero-order valence-corrected chi connectivity index (χ0v) is 11.3. The van der Waals surface area contributed by atoms with Gasteiger partial charge in [-0.25, -0.2) is 18.4 Å². The molecule has 19 heavy (non-hydrogen) atoms. The molecule has 0 aromatic carbocycles. The Bertz CT molecular complexity index is 436. The maximum Gasteiger partial charge on any atom is 0.315 e. The molecule has 1 aliphatic carbocycles. The molecule has 1 rings (SSSR count). The first-order valence-electron chi connectivity index (χ1n) is 6.05. The number of nitrogens with two attached hydrogens (primary N) is 1. The first kappa shape index (κ1) is 15.7. The minimum absolute atomic E-state index is 0.0697. The summed E-state index contributed by atoms with van der Waals surface area (Å²) in [7, 11) is -3.59. The van der Waals surface area contributed by atoms with E-state index in [1.54, 1.807) is 0 Å². The summed E-state index contributed by atoms with van der Waals surface area (Å²) in [4.78, 5) is 22.3. The number of carbonyl (C=O) groups is 2. The quantitative estimate of drug-likeness (QED) is 0.526. The van der Waals surface area contributed by atoms with Crippen LogP contribution in [0.5, 0.6) is 0 Å². The van der Waals surface area contributed by atoms with E-state index in [1.165, 1.54) is 0 Å². The van der Waals surface area contributed by atoms with E-state index in [4.69, 9.17) is 10.2 Å². The zero-order valence-electron chi connectivity index (χ0n) is 10.5. The first-order chi connectivity index (χ1) is 8.78. The van der Waals surface area contributed by atoms with Crippen LogP contribution in [0.3, 0.4) is 0 Å². The SMILES string of the molecule is NS(=O)(=O)CCNC(=O)NC1CCCC(C(=O)O)C1. The zero-order chi connectivity index (χ0) is 14.5. The van der Waals surface area contributed by atoms with Crippen LogP contribution in [-0.2, 0) is 14.8 Å². The van der Waals surface area contributed by atoms with Gasteiger partial charge in [0.2, 0.25) is 10.0 Å². The van der Waals surface area contributed by atoms with Gasteiger partial charge in [-0.05, 0) is 19.3 Å². The summed E-state index contributed by atoms with van der Waals surface area (Å²) < 4.78 is 21.3. The molecule has 2 unspecified atom stereocenters. The maximum absolute atomic E-state index is 11.5. The number of amides is 2. The molecule has 0 heterocycles. The second-order valence-corrected chi connectivity index (χ2v) is 6.40. The van der Waals surface area contributed by atoms with E-state index in [0.717, 1.165) is 12.8 Å². The van der Waals surface area contributed by atoms with Gasteiger partial charge in [0.25, 0.3) is 0 Å². The van der Waals surface area contributed by atoms with Crippen molar-refractivity contribution in [1.29, 1.82) is 0 Å². The Hall–Kier alpha value is -1.35. The van der Waals surface area contributed by atoms with Crippen LogP contribution in [0.4, 0.5) is 4.79 Å². The van der Waals surface area contributed by atoms with Crippen molar-refractivity contribution in [3.8, 4) is 0 Å². The van der Waals surface area contributed by atoms with Gasteiger partial charge < -0.3 is 15.7 Å². The summed E-state index contributed by atoms with van der Waals surface area (Å²) in [6.07, 6.45) is 2.50. The van der Waals surface area contributed by atoms with Crippen LogP contribution in [0.2, 0.25) is 0 Å². The predicted octanol–water partition coefficient (Wildman–Crippen LogP) is -0.782. The van der Waals surface area contributed by atoms with Crippen molar-refractivity contribution in [3.05, 3.63) is 0 Å². The van der Waals surface area contributed by atoms with Gasteiger partial charge in [-0.3, -0.25) is 4.79 Å². The second kappa shape index (κ2) is 6.71. The first-order valence-corrected chi connectivity index (χ1v) is 7.77. The Labute approximate surface area is 111 Å². The summed E-state index contributed by atoms with van der Waals surface area (Å²) in [5.74, 6) is -1.60. The summed E-state index contributed by atoms with van der Waals surface area (Å²) in [5, 5.41) is 18.7. The molecule has 0 spiro atoms. The summed E-state index contributed by atoms with van der Waals surface area (Å²) in [5.41, 5.74) is 0. The molecule has 0 aromatic heterocycles. The third kappa shape index (κ3) is 6.39. The highest BCUT2D eigenvalue weighted by atomic mass is 32.2. The van der Waals surface area contributed by atoms with Gasteiger partial charge in [0.1, 0.15) is 0 Å². The molecule has 5 N–H and O–H groups in total. The van der Waals surface area contributed by atoms with E-state index in [2.05, 4.69) is 10.6 Å². The van der Waals surface area contributed by atoms with Gasteiger partial charge in [0.15, 0.2) is 0 Å². The Balaban J connectivity index is 2.30. The number of carboxylic acid groups (broad SMARTS) is 1. The molecular formula is C10H19N3O5S. The highest BCUT2D eigenvalue weighted by Gasteiger charge is 2.27. The van der Waals surface area contributed by atoms with Crippen molar-refractivity contribution < 1.29 is 23.1 Å². The smallest absolute Gasteiger partial charge is 0.315 e. The highest BCUT2D eigenvalue weighted by molar-refractivity contribution is 7.89. The summed E-state index contributed by atoms with van der Waals surface area (Å²) >= 11 is 0. The van der Waals surface area contributed by atoms with Gasteiger partial charge in [0.05, 0.1) is 11.7 Å². The van der Waals surface area contributed by atoms with Crippen molar-refractivity contribution in [2.24, 2.45) is 11.1 Å². The fourth-order valence-corrected chi connectivity index (χ4v) is 2.48. The number of rotatable bonds is 5. The van der Waals surface area contributed by atoms with Crippen LogP contribution in [0.25, 0.3) is 0 Å². The number of sulfonamides is 1. The molecule has 1 fully saturated rings. The lowest BCUT2D eigenvalue weighted by atomic mass is 9.86. The van der Waals surface area contributed by atoms with Crippen LogP contribution >= 0.6 is 0 Å². The lowest BCUT2D eigenvalue weighted by Gasteiger charge is -2.27. The molecule has 0 aromatic rings. The van der Waals surface area contributed by atoms with Crippen LogP contribution in [0.15, 0.2) is 0 Å². The van der Waals surface area contributed by atoms with Gasteiger partial charge in [0, 0.05) is 12.6 Å². The number of carbonyl (C=O) groups excluding carboxylic acids is 1. The van der Waals surface area contributed by atoms with Crippen molar-refractivity contribution in [3.63, 3.8) is 0 Å². The Morgan fingerprint density at radius 2 is 2.00 bits per heavy atom. The standard InChI is InChI=1S/C10H19N3O5S/c11-19(17,18)5-4-12-10(16)13-8-3-1-2-7(6-8)9(14)15/h7-8H,1-6H2,(H,14,15)(H2,11,17,18)(H2,12,13,16). The van der Waals surface area contributed by atoms with Gasteiger partial charge >= 0.3 is 12.0 Å². The monoisotopic (exact) mass is 293 g/mol. The normalized spacial score (nSPS) is 23.6. The Kier molecular flexibility index (Phi) is 5.55. The predicted molar refractivity (Wildman–Crippen MR) is 67.9 cm³/mol. The minimum atomic E-state index is -3.59.